The number of carbonyl (C=O) groups is 1. The number of amides is 1. The predicted molar refractivity (Wildman–Crippen MR) is 105 cm³/mol. The molecule has 1 aromatic carbocycles. The normalized spacial score (nSPS) is 12.2. The molecular formula is C18H20ClN5OS. The van der Waals surface area contributed by atoms with Crippen molar-refractivity contribution in [3.63, 3.8) is 0 Å². The molecule has 0 aliphatic carbocycles. The van der Waals surface area contributed by atoms with Crippen LogP contribution >= 0.6 is 22.9 Å². The van der Waals surface area contributed by atoms with Crippen molar-refractivity contribution in [3.8, 4) is 0 Å². The van der Waals surface area contributed by atoms with Crippen molar-refractivity contribution in [2.75, 3.05) is 12.4 Å². The van der Waals surface area contributed by atoms with Crippen LogP contribution in [0.2, 0.25) is 5.02 Å². The maximum Gasteiger partial charge on any atom is 0.247 e. The van der Waals surface area contributed by atoms with Gasteiger partial charge in [0.1, 0.15) is 6.04 Å². The largest absolute Gasteiger partial charge is 0.305 e. The van der Waals surface area contributed by atoms with E-state index >= 15 is 0 Å². The van der Waals surface area contributed by atoms with E-state index in [0.29, 0.717) is 5.13 Å². The Labute approximate surface area is 161 Å². The first kappa shape index (κ1) is 18.6. The molecule has 3 rings (SSSR count). The number of rotatable bonds is 6. The van der Waals surface area contributed by atoms with Crippen LogP contribution in [-0.2, 0) is 18.3 Å². The Balaban J connectivity index is 1.68. The molecule has 8 heteroatoms. The van der Waals surface area contributed by atoms with Crippen LogP contribution in [0.25, 0.3) is 0 Å². The summed E-state index contributed by atoms with van der Waals surface area (Å²) in [6.07, 6.45) is 6.05. The highest BCUT2D eigenvalue weighted by molar-refractivity contribution is 7.15. The van der Waals surface area contributed by atoms with Crippen LogP contribution in [0, 0.1) is 6.92 Å². The molecular weight excluding hydrogens is 370 g/mol. The highest BCUT2D eigenvalue weighted by atomic mass is 35.5. The molecule has 1 unspecified atom stereocenters. The molecule has 0 spiro atoms. The summed E-state index contributed by atoms with van der Waals surface area (Å²) in [6, 6.07) is 5.38. The van der Waals surface area contributed by atoms with Gasteiger partial charge in [0.2, 0.25) is 5.91 Å². The van der Waals surface area contributed by atoms with Crippen molar-refractivity contribution < 1.29 is 4.79 Å². The summed E-state index contributed by atoms with van der Waals surface area (Å²) in [7, 11) is 3.56. The summed E-state index contributed by atoms with van der Waals surface area (Å²) in [5, 5.41) is 11.3. The molecule has 0 radical (unpaired) electrons. The Bertz CT molecular complexity index is 920. The standard InChI is InChI=1S/C18H20ClN5OS/c1-11-6-14(19)5-4-12(11)7-15-9-21-18(26-15)23-17(25)16(20-2)13-8-22-24(3)10-13/h4-6,8-10,16,20H,7H2,1-3H3,(H,21,23,25). The highest BCUT2D eigenvalue weighted by Crippen LogP contribution is 2.25. The summed E-state index contributed by atoms with van der Waals surface area (Å²) < 4.78 is 1.67. The van der Waals surface area contributed by atoms with E-state index in [9.17, 15) is 4.79 Å². The Hall–Kier alpha value is -2.22. The van der Waals surface area contributed by atoms with Crippen molar-refractivity contribution in [1.29, 1.82) is 0 Å². The van der Waals surface area contributed by atoms with Gasteiger partial charge in [-0.3, -0.25) is 9.48 Å². The number of nitrogens with one attached hydrogen (secondary N) is 2. The number of thiazole rings is 1. The fourth-order valence-electron chi connectivity index (χ4n) is 2.71. The maximum atomic E-state index is 12.6. The van der Waals surface area contributed by atoms with Crippen LogP contribution in [0.4, 0.5) is 5.13 Å². The third-order valence-corrected chi connectivity index (χ3v) is 5.21. The zero-order chi connectivity index (χ0) is 18.7. The SMILES string of the molecule is CNC(C(=O)Nc1ncc(Cc2ccc(Cl)cc2C)s1)c1cnn(C)c1. The van der Waals surface area contributed by atoms with E-state index in [0.717, 1.165) is 27.4 Å². The molecule has 3 aromatic rings. The second kappa shape index (κ2) is 7.99. The number of hydrogen-bond acceptors (Lipinski definition) is 5. The molecule has 26 heavy (non-hydrogen) atoms. The highest BCUT2D eigenvalue weighted by Gasteiger charge is 2.21. The first-order valence-electron chi connectivity index (χ1n) is 8.12. The minimum absolute atomic E-state index is 0.163. The molecule has 0 aliphatic rings. The molecule has 0 fully saturated rings. The number of aryl methyl sites for hydroxylation is 2. The number of hydrogen-bond donors (Lipinski definition) is 2. The molecule has 0 bridgehead atoms. The lowest BCUT2D eigenvalue weighted by Crippen LogP contribution is -2.30. The quantitative estimate of drug-likeness (QED) is 0.678. The molecule has 0 saturated heterocycles. The fourth-order valence-corrected chi connectivity index (χ4v) is 3.77. The van der Waals surface area contributed by atoms with Gasteiger partial charge in [-0.25, -0.2) is 4.98 Å². The lowest BCUT2D eigenvalue weighted by Gasteiger charge is -2.12. The molecule has 0 saturated carbocycles. The van der Waals surface area contributed by atoms with E-state index in [1.807, 2.05) is 38.4 Å². The maximum absolute atomic E-state index is 12.6. The van der Waals surface area contributed by atoms with Gasteiger partial charge in [-0.1, -0.05) is 17.7 Å². The van der Waals surface area contributed by atoms with Gasteiger partial charge in [0.15, 0.2) is 5.13 Å². The number of anilines is 1. The van der Waals surface area contributed by atoms with Gasteiger partial charge in [-0.2, -0.15) is 5.10 Å². The third-order valence-electron chi connectivity index (χ3n) is 4.06. The minimum Gasteiger partial charge on any atom is -0.305 e. The second-order valence-corrected chi connectivity index (χ2v) is 7.59. The van der Waals surface area contributed by atoms with E-state index in [4.69, 9.17) is 11.6 Å². The molecule has 0 aliphatic heterocycles. The number of likely N-dealkylation sites (N-methyl/N-ethyl adjacent to an activating group) is 1. The Kier molecular flexibility index (Phi) is 5.70. The zero-order valence-electron chi connectivity index (χ0n) is 14.8. The van der Waals surface area contributed by atoms with Crippen molar-refractivity contribution in [2.45, 2.75) is 19.4 Å². The van der Waals surface area contributed by atoms with Gasteiger partial charge >= 0.3 is 0 Å². The van der Waals surface area contributed by atoms with Gasteiger partial charge in [0.25, 0.3) is 0 Å². The van der Waals surface area contributed by atoms with Crippen LogP contribution in [0.1, 0.15) is 27.6 Å². The number of carbonyl (C=O) groups excluding carboxylic acids is 1. The van der Waals surface area contributed by atoms with Gasteiger partial charge in [0.05, 0.1) is 6.20 Å². The second-order valence-electron chi connectivity index (χ2n) is 6.04. The number of nitrogens with zero attached hydrogens (tertiary/aromatic N) is 3. The average Bonchev–Trinajstić information content (AvgIpc) is 3.20. The summed E-state index contributed by atoms with van der Waals surface area (Å²) in [4.78, 5) is 18.0. The monoisotopic (exact) mass is 389 g/mol. The molecule has 1 amide bonds. The molecule has 1 atom stereocenters. The lowest BCUT2D eigenvalue weighted by atomic mass is 10.1. The Morgan fingerprint density at radius 1 is 1.38 bits per heavy atom. The fraction of sp³-hybridized carbons (Fsp3) is 0.278. The van der Waals surface area contributed by atoms with Crippen molar-refractivity contribution in [2.24, 2.45) is 7.05 Å². The molecule has 2 aromatic heterocycles. The average molecular weight is 390 g/mol. The summed E-state index contributed by atoms with van der Waals surface area (Å²) >= 11 is 7.48. The number of benzene rings is 1. The number of aromatic nitrogens is 3. The van der Waals surface area contributed by atoms with Gasteiger partial charge in [-0.15, -0.1) is 11.3 Å². The van der Waals surface area contributed by atoms with Crippen LogP contribution in [-0.4, -0.2) is 27.7 Å². The summed E-state index contributed by atoms with van der Waals surface area (Å²) in [5.74, 6) is -0.163. The topological polar surface area (TPSA) is 71.8 Å². The Morgan fingerprint density at radius 3 is 2.85 bits per heavy atom. The van der Waals surface area contributed by atoms with E-state index < -0.39 is 6.04 Å². The van der Waals surface area contributed by atoms with Crippen LogP contribution < -0.4 is 10.6 Å². The smallest absolute Gasteiger partial charge is 0.247 e. The molecule has 2 heterocycles. The predicted octanol–water partition coefficient (Wildman–Crippen LogP) is 3.33. The van der Waals surface area contributed by atoms with E-state index in [2.05, 4.69) is 20.7 Å². The van der Waals surface area contributed by atoms with Crippen molar-refractivity contribution in [1.82, 2.24) is 20.1 Å². The number of halogens is 1. The zero-order valence-corrected chi connectivity index (χ0v) is 16.4. The van der Waals surface area contributed by atoms with E-state index in [-0.39, 0.29) is 5.91 Å². The first-order chi connectivity index (χ1) is 12.5. The van der Waals surface area contributed by atoms with E-state index in [1.54, 1.807) is 24.1 Å². The van der Waals surface area contributed by atoms with Gasteiger partial charge in [-0.05, 0) is 37.2 Å². The third kappa shape index (κ3) is 4.30. The summed E-state index contributed by atoms with van der Waals surface area (Å²) in [6.45, 7) is 2.04. The minimum atomic E-state index is -0.477. The van der Waals surface area contributed by atoms with Crippen molar-refractivity contribution >= 4 is 34.0 Å². The van der Waals surface area contributed by atoms with Crippen LogP contribution in [0.15, 0.2) is 36.8 Å². The Morgan fingerprint density at radius 2 is 2.19 bits per heavy atom. The van der Waals surface area contributed by atoms with E-state index in [1.165, 1.54) is 16.9 Å². The lowest BCUT2D eigenvalue weighted by molar-refractivity contribution is -0.118. The van der Waals surface area contributed by atoms with Gasteiger partial charge in [0, 0.05) is 41.3 Å². The van der Waals surface area contributed by atoms with Crippen LogP contribution in [0.3, 0.4) is 0 Å². The first-order valence-corrected chi connectivity index (χ1v) is 9.32. The molecule has 2 N–H and O–H groups in total. The van der Waals surface area contributed by atoms with Crippen molar-refractivity contribution in [3.05, 3.63) is 63.4 Å². The molecule has 6 nitrogen and oxygen atoms in total. The van der Waals surface area contributed by atoms with Crippen LogP contribution in [0.5, 0.6) is 0 Å². The summed E-state index contributed by atoms with van der Waals surface area (Å²) in [5.41, 5.74) is 3.14. The van der Waals surface area contributed by atoms with Gasteiger partial charge < -0.3 is 10.6 Å². The molecule has 136 valence electrons.